The third kappa shape index (κ3) is 22.0. The van der Waals surface area contributed by atoms with Gasteiger partial charge in [0, 0.05) is 11.4 Å². The first-order valence-corrected chi connectivity index (χ1v) is 24.4. The number of rotatable bonds is 37. The molecular formula is C52H92N2. The van der Waals surface area contributed by atoms with Crippen LogP contribution in [0.3, 0.4) is 0 Å². The summed E-state index contributed by atoms with van der Waals surface area (Å²) in [7, 11) is 0. The molecule has 0 aliphatic heterocycles. The first-order valence-electron chi connectivity index (χ1n) is 24.4. The Balaban J connectivity index is 2.25. The van der Waals surface area contributed by atoms with Crippen molar-refractivity contribution in [2.24, 2.45) is 0 Å². The molecule has 0 fully saturated rings. The highest BCUT2D eigenvalue weighted by Crippen LogP contribution is 2.34. The van der Waals surface area contributed by atoms with Crippen molar-refractivity contribution in [1.29, 1.82) is 0 Å². The summed E-state index contributed by atoms with van der Waals surface area (Å²) in [6.45, 7) is 9.23. The molecule has 2 aromatic rings. The van der Waals surface area contributed by atoms with E-state index in [0.29, 0.717) is 0 Å². The number of hydrogen-bond acceptors (Lipinski definition) is 2. The van der Waals surface area contributed by atoms with Crippen LogP contribution in [0.4, 0.5) is 11.4 Å². The number of hydrogen-bond donors (Lipinski definition) is 2. The van der Waals surface area contributed by atoms with Crippen molar-refractivity contribution in [3.05, 3.63) is 46.5 Å². The van der Waals surface area contributed by atoms with E-state index in [9.17, 15) is 0 Å². The van der Waals surface area contributed by atoms with E-state index in [1.54, 1.807) is 0 Å². The van der Waals surface area contributed by atoms with Gasteiger partial charge in [-0.15, -0.1) is 0 Å². The number of nitrogen functional groups attached to an aromatic ring is 2. The van der Waals surface area contributed by atoms with Crippen LogP contribution < -0.4 is 11.5 Å². The molecular weight excluding hydrogens is 653 g/mol. The van der Waals surface area contributed by atoms with E-state index in [2.05, 4.69) is 52.0 Å². The largest absolute Gasteiger partial charge is 0.398 e. The zero-order valence-electron chi connectivity index (χ0n) is 36.9. The Hall–Kier alpha value is -1.96. The van der Waals surface area contributed by atoms with Crippen LogP contribution in [0.15, 0.2) is 24.3 Å². The smallest absolute Gasteiger partial charge is 0.0379 e. The van der Waals surface area contributed by atoms with E-state index in [-0.39, 0.29) is 0 Å². The number of aryl methyl sites for hydroxylation is 4. The lowest BCUT2D eigenvalue weighted by molar-refractivity contribution is 0.574. The molecule has 0 aliphatic rings. The van der Waals surface area contributed by atoms with E-state index in [4.69, 9.17) is 11.5 Å². The average Bonchev–Trinajstić information content (AvgIpc) is 3.18. The van der Waals surface area contributed by atoms with Gasteiger partial charge in [-0.05, 0) is 109 Å². The highest BCUT2D eigenvalue weighted by molar-refractivity contribution is 5.74. The summed E-state index contributed by atoms with van der Waals surface area (Å²) < 4.78 is 0. The van der Waals surface area contributed by atoms with Crippen LogP contribution in [0.5, 0.6) is 0 Å². The van der Waals surface area contributed by atoms with Gasteiger partial charge in [-0.1, -0.05) is 207 Å². The number of unbranched alkanes of at least 4 members (excludes halogenated alkanes) is 28. The molecule has 2 rings (SSSR count). The van der Waals surface area contributed by atoms with Gasteiger partial charge >= 0.3 is 0 Å². The molecule has 0 aliphatic carbocycles. The third-order valence-corrected chi connectivity index (χ3v) is 12.2. The van der Waals surface area contributed by atoms with Crippen LogP contribution in [-0.4, -0.2) is 0 Å². The van der Waals surface area contributed by atoms with Gasteiger partial charge in [-0.3, -0.25) is 0 Å². The molecule has 2 aromatic carbocycles. The lowest BCUT2D eigenvalue weighted by Gasteiger charge is -2.18. The van der Waals surface area contributed by atoms with E-state index in [0.717, 1.165) is 37.1 Å². The molecule has 2 heteroatoms. The molecule has 0 radical (unpaired) electrons. The van der Waals surface area contributed by atoms with Crippen LogP contribution in [0.1, 0.15) is 255 Å². The van der Waals surface area contributed by atoms with Crippen molar-refractivity contribution in [3.8, 4) is 11.1 Å². The maximum absolute atomic E-state index is 7.05. The van der Waals surface area contributed by atoms with Crippen molar-refractivity contribution >= 4 is 11.4 Å². The Morgan fingerprint density at radius 1 is 0.259 bits per heavy atom. The second-order valence-electron chi connectivity index (χ2n) is 17.3. The minimum Gasteiger partial charge on any atom is -0.398 e. The fraction of sp³-hybridized carbons (Fsp3) is 0.769. The Morgan fingerprint density at radius 2 is 0.426 bits per heavy atom. The fourth-order valence-electron chi connectivity index (χ4n) is 8.52. The predicted molar refractivity (Wildman–Crippen MR) is 246 cm³/mol. The van der Waals surface area contributed by atoms with Crippen molar-refractivity contribution in [2.45, 2.75) is 259 Å². The van der Waals surface area contributed by atoms with Crippen LogP contribution in [-0.2, 0) is 25.7 Å². The van der Waals surface area contributed by atoms with E-state index >= 15 is 0 Å². The summed E-state index contributed by atoms with van der Waals surface area (Å²) in [4.78, 5) is 0. The summed E-state index contributed by atoms with van der Waals surface area (Å²) in [5.74, 6) is 0. The monoisotopic (exact) mass is 745 g/mol. The first-order chi connectivity index (χ1) is 26.5. The van der Waals surface area contributed by atoms with Crippen molar-refractivity contribution in [3.63, 3.8) is 0 Å². The molecule has 0 aromatic heterocycles. The lowest BCUT2D eigenvalue weighted by atomic mass is 9.89. The highest BCUT2D eigenvalue weighted by atomic mass is 14.6. The summed E-state index contributed by atoms with van der Waals surface area (Å²) in [6, 6.07) is 9.89. The molecule has 54 heavy (non-hydrogen) atoms. The van der Waals surface area contributed by atoms with Gasteiger partial charge in [-0.2, -0.15) is 0 Å². The van der Waals surface area contributed by atoms with Gasteiger partial charge in [0.15, 0.2) is 0 Å². The summed E-state index contributed by atoms with van der Waals surface area (Å²) in [5.41, 5.74) is 24.6. The molecule has 0 unspecified atom stereocenters. The summed E-state index contributed by atoms with van der Waals surface area (Å²) in [6.07, 6.45) is 47.6. The van der Waals surface area contributed by atoms with Gasteiger partial charge < -0.3 is 11.5 Å². The van der Waals surface area contributed by atoms with Crippen LogP contribution in [0, 0.1) is 0 Å². The maximum atomic E-state index is 7.05. The highest BCUT2D eigenvalue weighted by Gasteiger charge is 2.14. The quantitative estimate of drug-likeness (QED) is 0.0535. The molecule has 0 spiro atoms. The first kappa shape index (κ1) is 48.2. The molecule has 0 heterocycles. The number of benzene rings is 2. The van der Waals surface area contributed by atoms with E-state index < -0.39 is 0 Å². The van der Waals surface area contributed by atoms with Gasteiger partial charge in [0.2, 0.25) is 0 Å². The molecule has 0 saturated heterocycles. The van der Waals surface area contributed by atoms with Crippen molar-refractivity contribution in [1.82, 2.24) is 0 Å². The average molecular weight is 745 g/mol. The lowest BCUT2D eigenvalue weighted by Crippen LogP contribution is -2.04. The van der Waals surface area contributed by atoms with Crippen LogP contribution >= 0.6 is 0 Å². The molecule has 0 bridgehead atoms. The second-order valence-corrected chi connectivity index (χ2v) is 17.3. The molecule has 0 atom stereocenters. The zero-order valence-corrected chi connectivity index (χ0v) is 36.9. The summed E-state index contributed by atoms with van der Waals surface area (Å²) >= 11 is 0. The Labute approximate surface area is 338 Å². The predicted octanol–water partition coefficient (Wildman–Crippen LogP) is 17.3. The summed E-state index contributed by atoms with van der Waals surface area (Å²) in [5, 5.41) is 0. The molecule has 0 amide bonds. The van der Waals surface area contributed by atoms with Gasteiger partial charge in [0.25, 0.3) is 0 Å². The number of anilines is 2. The van der Waals surface area contributed by atoms with Crippen molar-refractivity contribution in [2.75, 3.05) is 11.5 Å². The molecule has 310 valence electrons. The minimum atomic E-state index is 1.08. The SMILES string of the molecule is CCCCCCCCCCc1cc(-c2cc(CCCCCCCCCC)c(N)c(CCCCCCCCCC)c2)cc(CCCCCCCCCC)c1N. The zero-order chi connectivity index (χ0) is 38.9. The topological polar surface area (TPSA) is 52.0 Å². The maximum Gasteiger partial charge on any atom is 0.0379 e. The molecule has 4 N–H and O–H groups in total. The fourth-order valence-corrected chi connectivity index (χ4v) is 8.52. The standard InChI is InChI=1S/C52H92N2/c1-5-9-13-17-21-25-29-33-37-45-41-49(42-46(51(45)53)38-34-30-26-22-18-14-10-6-2)50-43-47(39-35-31-27-23-19-15-11-7-3)52(54)48(44-50)40-36-32-28-24-20-16-12-8-4/h41-44H,5-40,53-54H2,1-4H3. The van der Waals surface area contributed by atoms with Crippen LogP contribution in [0.2, 0.25) is 0 Å². The van der Waals surface area contributed by atoms with E-state index in [1.807, 2.05) is 0 Å². The minimum absolute atomic E-state index is 1.08. The normalized spacial score (nSPS) is 11.6. The Morgan fingerprint density at radius 3 is 0.611 bits per heavy atom. The Bertz CT molecular complexity index is 991. The second kappa shape index (κ2) is 33.2. The number of nitrogens with two attached hydrogens (primary N) is 2. The van der Waals surface area contributed by atoms with Crippen molar-refractivity contribution < 1.29 is 0 Å². The van der Waals surface area contributed by atoms with Gasteiger partial charge in [0.1, 0.15) is 0 Å². The van der Waals surface area contributed by atoms with Gasteiger partial charge in [-0.25, -0.2) is 0 Å². The molecule has 2 nitrogen and oxygen atoms in total. The Kier molecular flexibility index (Phi) is 29.6. The third-order valence-electron chi connectivity index (χ3n) is 12.2. The van der Waals surface area contributed by atoms with E-state index in [1.165, 1.54) is 239 Å². The molecule has 0 saturated carbocycles. The van der Waals surface area contributed by atoms with Gasteiger partial charge in [0.05, 0.1) is 0 Å². The van der Waals surface area contributed by atoms with Crippen LogP contribution in [0.25, 0.3) is 11.1 Å².